The van der Waals surface area contributed by atoms with E-state index >= 15 is 0 Å². The summed E-state index contributed by atoms with van der Waals surface area (Å²) >= 11 is 0. The van der Waals surface area contributed by atoms with E-state index in [0.717, 1.165) is 17.9 Å². The third-order valence-corrected chi connectivity index (χ3v) is 5.80. The van der Waals surface area contributed by atoms with Crippen LogP contribution in [0, 0.1) is 17.3 Å². The Morgan fingerprint density at radius 1 is 1.24 bits per heavy atom. The minimum Gasteiger partial charge on any atom is -0.313 e. The van der Waals surface area contributed by atoms with Gasteiger partial charge in [-0.15, -0.1) is 0 Å². The molecule has 0 saturated heterocycles. The number of rotatable bonds is 9. The highest BCUT2D eigenvalue weighted by molar-refractivity contribution is 4.93. The van der Waals surface area contributed by atoms with E-state index in [9.17, 15) is 0 Å². The molecule has 2 nitrogen and oxygen atoms in total. The SMILES string of the molecule is CCC(C)CN(CC)CC1(CNC2CC2)CCCC(C)C1. The Morgan fingerprint density at radius 2 is 2.00 bits per heavy atom. The molecule has 0 radical (unpaired) electrons. The molecule has 3 atom stereocenters. The van der Waals surface area contributed by atoms with Crippen LogP contribution in [0.25, 0.3) is 0 Å². The van der Waals surface area contributed by atoms with Crippen molar-refractivity contribution < 1.29 is 0 Å². The highest BCUT2D eigenvalue weighted by Gasteiger charge is 2.37. The fourth-order valence-electron chi connectivity index (χ4n) is 4.13. The summed E-state index contributed by atoms with van der Waals surface area (Å²) in [7, 11) is 0. The molecular weight excluding hydrogens is 256 g/mol. The molecule has 2 aliphatic rings. The fourth-order valence-corrected chi connectivity index (χ4v) is 4.13. The first kappa shape index (κ1) is 17.3. The Bertz CT molecular complexity index is 300. The Labute approximate surface area is 133 Å². The molecule has 2 fully saturated rings. The van der Waals surface area contributed by atoms with Gasteiger partial charge in [0.2, 0.25) is 0 Å². The average molecular weight is 295 g/mol. The quantitative estimate of drug-likeness (QED) is 0.682. The van der Waals surface area contributed by atoms with Gasteiger partial charge in [-0.25, -0.2) is 0 Å². The van der Waals surface area contributed by atoms with Gasteiger partial charge < -0.3 is 10.2 Å². The van der Waals surface area contributed by atoms with Gasteiger partial charge in [0.1, 0.15) is 0 Å². The summed E-state index contributed by atoms with van der Waals surface area (Å²) in [4.78, 5) is 2.74. The second kappa shape index (κ2) is 7.97. The molecule has 0 heterocycles. The van der Waals surface area contributed by atoms with Gasteiger partial charge in [0.25, 0.3) is 0 Å². The standard InChI is InChI=1S/C19H38N2/c1-5-16(3)13-21(6-2)15-19(14-20-18-9-10-18)11-7-8-17(4)12-19/h16-18,20H,5-15H2,1-4H3. The topological polar surface area (TPSA) is 15.3 Å². The van der Waals surface area contributed by atoms with Gasteiger partial charge >= 0.3 is 0 Å². The molecule has 21 heavy (non-hydrogen) atoms. The van der Waals surface area contributed by atoms with Crippen molar-refractivity contribution in [2.24, 2.45) is 17.3 Å². The third kappa shape index (κ3) is 5.56. The Kier molecular flexibility index (Phi) is 6.55. The van der Waals surface area contributed by atoms with Crippen molar-refractivity contribution >= 4 is 0 Å². The number of hydrogen-bond acceptors (Lipinski definition) is 2. The van der Waals surface area contributed by atoms with E-state index < -0.39 is 0 Å². The molecule has 0 amide bonds. The van der Waals surface area contributed by atoms with Crippen LogP contribution in [0.3, 0.4) is 0 Å². The predicted molar refractivity (Wildman–Crippen MR) is 92.7 cm³/mol. The van der Waals surface area contributed by atoms with Crippen molar-refractivity contribution in [3.05, 3.63) is 0 Å². The van der Waals surface area contributed by atoms with Gasteiger partial charge in [-0.3, -0.25) is 0 Å². The number of hydrogen-bond donors (Lipinski definition) is 1. The van der Waals surface area contributed by atoms with Gasteiger partial charge in [-0.2, -0.15) is 0 Å². The molecule has 0 aromatic heterocycles. The highest BCUT2D eigenvalue weighted by atomic mass is 15.1. The van der Waals surface area contributed by atoms with Crippen LogP contribution in [0.4, 0.5) is 0 Å². The zero-order valence-electron chi connectivity index (χ0n) is 15.0. The molecule has 124 valence electrons. The molecule has 2 aliphatic carbocycles. The summed E-state index contributed by atoms with van der Waals surface area (Å²) in [6.07, 6.45) is 9.89. The van der Waals surface area contributed by atoms with Crippen molar-refractivity contribution in [1.29, 1.82) is 0 Å². The minimum absolute atomic E-state index is 0.545. The van der Waals surface area contributed by atoms with Crippen molar-refractivity contribution in [2.75, 3.05) is 26.2 Å². The molecule has 0 aliphatic heterocycles. The van der Waals surface area contributed by atoms with Gasteiger partial charge in [-0.1, -0.05) is 47.0 Å². The second-order valence-corrected chi connectivity index (χ2v) is 8.20. The first-order valence-electron chi connectivity index (χ1n) is 9.52. The fraction of sp³-hybridized carbons (Fsp3) is 1.00. The molecule has 1 N–H and O–H groups in total. The lowest BCUT2D eigenvalue weighted by Gasteiger charge is -2.44. The van der Waals surface area contributed by atoms with Gasteiger partial charge in [0, 0.05) is 25.7 Å². The first-order chi connectivity index (χ1) is 10.1. The van der Waals surface area contributed by atoms with Crippen LogP contribution in [0.15, 0.2) is 0 Å². The molecule has 2 rings (SSSR count). The molecule has 0 aromatic rings. The van der Waals surface area contributed by atoms with Crippen LogP contribution in [0.5, 0.6) is 0 Å². The van der Waals surface area contributed by atoms with Crippen LogP contribution >= 0.6 is 0 Å². The van der Waals surface area contributed by atoms with Crippen molar-refractivity contribution in [3.63, 3.8) is 0 Å². The van der Waals surface area contributed by atoms with Crippen LogP contribution in [0.1, 0.15) is 72.6 Å². The third-order valence-electron chi connectivity index (χ3n) is 5.80. The summed E-state index contributed by atoms with van der Waals surface area (Å²) in [6, 6.07) is 0.851. The molecule has 0 aromatic carbocycles. The van der Waals surface area contributed by atoms with E-state index in [1.165, 1.54) is 71.1 Å². The lowest BCUT2D eigenvalue weighted by atomic mass is 9.69. The van der Waals surface area contributed by atoms with E-state index in [1.807, 2.05) is 0 Å². The summed E-state index contributed by atoms with van der Waals surface area (Å²) in [6.45, 7) is 14.6. The summed E-state index contributed by atoms with van der Waals surface area (Å²) in [5.74, 6) is 1.75. The molecule has 3 unspecified atom stereocenters. The van der Waals surface area contributed by atoms with E-state index in [4.69, 9.17) is 0 Å². The summed E-state index contributed by atoms with van der Waals surface area (Å²) in [5, 5.41) is 3.86. The summed E-state index contributed by atoms with van der Waals surface area (Å²) in [5.41, 5.74) is 0.545. The molecule has 0 bridgehead atoms. The Morgan fingerprint density at radius 3 is 2.57 bits per heavy atom. The molecule has 2 heteroatoms. The maximum absolute atomic E-state index is 3.86. The average Bonchev–Trinajstić information content (AvgIpc) is 3.28. The van der Waals surface area contributed by atoms with E-state index in [0.29, 0.717) is 5.41 Å². The smallest absolute Gasteiger partial charge is 0.00684 e. The highest BCUT2D eigenvalue weighted by Crippen LogP contribution is 2.40. The largest absolute Gasteiger partial charge is 0.313 e. The normalized spacial score (nSPS) is 31.6. The zero-order chi connectivity index (χ0) is 15.3. The van der Waals surface area contributed by atoms with Gasteiger partial charge in [0.05, 0.1) is 0 Å². The Hall–Kier alpha value is -0.0800. The van der Waals surface area contributed by atoms with E-state index in [-0.39, 0.29) is 0 Å². The molecule has 0 spiro atoms. The Balaban J connectivity index is 1.95. The molecular formula is C19H38N2. The predicted octanol–water partition coefficient (Wildman–Crippen LogP) is 4.30. The summed E-state index contributed by atoms with van der Waals surface area (Å²) < 4.78 is 0. The number of nitrogens with one attached hydrogen (secondary N) is 1. The van der Waals surface area contributed by atoms with Crippen molar-refractivity contribution in [3.8, 4) is 0 Å². The van der Waals surface area contributed by atoms with Crippen LogP contribution in [-0.2, 0) is 0 Å². The lowest BCUT2D eigenvalue weighted by Crippen LogP contribution is -2.48. The van der Waals surface area contributed by atoms with E-state index in [1.54, 1.807) is 0 Å². The number of nitrogens with zero attached hydrogens (tertiary/aromatic N) is 1. The van der Waals surface area contributed by atoms with Crippen molar-refractivity contribution in [1.82, 2.24) is 10.2 Å². The van der Waals surface area contributed by atoms with Crippen LogP contribution in [0.2, 0.25) is 0 Å². The maximum Gasteiger partial charge on any atom is 0.00684 e. The second-order valence-electron chi connectivity index (χ2n) is 8.20. The van der Waals surface area contributed by atoms with Crippen LogP contribution in [-0.4, -0.2) is 37.1 Å². The lowest BCUT2D eigenvalue weighted by molar-refractivity contribution is 0.0749. The van der Waals surface area contributed by atoms with E-state index in [2.05, 4.69) is 37.9 Å². The van der Waals surface area contributed by atoms with Crippen LogP contribution < -0.4 is 5.32 Å². The maximum atomic E-state index is 3.86. The van der Waals surface area contributed by atoms with Gasteiger partial charge in [0.15, 0.2) is 0 Å². The molecule has 2 saturated carbocycles. The van der Waals surface area contributed by atoms with Crippen molar-refractivity contribution in [2.45, 2.75) is 78.7 Å². The minimum atomic E-state index is 0.545. The monoisotopic (exact) mass is 294 g/mol. The zero-order valence-corrected chi connectivity index (χ0v) is 15.0. The van der Waals surface area contributed by atoms with Gasteiger partial charge in [-0.05, 0) is 49.5 Å². The first-order valence-corrected chi connectivity index (χ1v) is 9.52.